The summed E-state index contributed by atoms with van der Waals surface area (Å²) >= 11 is 3.36. The molecule has 5 nitrogen and oxygen atoms in total. The third-order valence-corrected chi connectivity index (χ3v) is 5.61. The number of ether oxygens (including phenoxy) is 1. The van der Waals surface area contributed by atoms with Crippen LogP contribution < -0.4 is 9.64 Å². The normalized spacial score (nSPS) is 17.8. The molecule has 1 saturated heterocycles. The van der Waals surface area contributed by atoms with Gasteiger partial charge in [-0.05, 0) is 48.0 Å². The van der Waals surface area contributed by atoms with Crippen LogP contribution in [-0.2, 0) is 9.59 Å². The minimum Gasteiger partial charge on any atom is -0.507 e. The zero-order valence-electron chi connectivity index (χ0n) is 16.4. The highest BCUT2D eigenvalue weighted by Gasteiger charge is 2.47. The van der Waals surface area contributed by atoms with Crippen LogP contribution in [0, 0.1) is 5.82 Å². The van der Waals surface area contributed by atoms with E-state index < -0.39 is 29.3 Å². The molecule has 7 heteroatoms. The lowest BCUT2D eigenvalue weighted by atomic mass is 9.95. The molecule has 0 aliphatic carbocycles. The Kier molecular flexibility index (Phi) is 5.61. The summed E-state index contributed by atoms with van der Waals surface area (Å²) in [6.45, 7) is 0. The Bertz CT molecular complexity index is 1190. The molecule has 1 heterocycles. The number of carbonyl (C=O) groups is 2. The summed E-state index contributed by atoms with van der Waals surface area (Å²) in [5.41, 5.74) is 0.978. The van der Waals surface area contributed by atoms with Crippen molar-refractivity contribution in [2.24, 2.45) is 0 Å². The fourth-order valence-corrected chi connectivity index (χ4v) is 3.93. The van der Waals surface area contributed by atoms with Gasteiger partial charge >= 0.3 is 0 Å². The van der Waals surface area contributed by atoms with E-state index in [9.17, 15) is 19.1 Å². The van der Waals surface area contributed by atoms with Crippen LogP contribution >= 0.6 is 15.9 Å². The summed E-state index contributed by atoms with van der Waals surface area (Å²) in [5, 5.41) is 11.1. The van der Waals surface area contributed by atoms with Crippen molar-refractivity contribution in [3.05, 3.63) is 99.8 Å². The molecule has 31 heavy (non-hydrogen) atoms. The smallest absolute Gasteiger partial charge is 0.300 e. The summed E-state index contributed by atoms with van der Waals surface area (Å²) in [4.78, 5) is 27.5. The fourth-order valence-electron chi connectivity index (χ4n) is 3.66. The van der Waals surface area contributed by atoms with Gasteiger partial charge in [-0.1, -0.05) is 46.3 Å². The van der Waals surface area contributed by atoms with Gasteiger partial charge in [0.1, 0.15) is 17.3 Å². The molecule has 1 N–H and O–H groups in total. The first kappa shape index (κ1) is 20.8. The van der Waals surface area contributed by atoms with Gasteiger partial charge in [-0.2, -0.15) is 0 Å². The van der Waals surface area contributed by atoms with Gasteiger partial charge in [-0.15, -0.1) is 0 Å². The van der Waals surface area contributed by atoms with E-state index in [0.29, 0.717) is 11.3 Å². The molecule has 1 amide bonds. The zero-order chi connectivity index (χ0) is 22.1. The molecule has 1 aliphatic heterocycles. The van der Waals surface area contributed by atoms with E-state index in [-0.39, 0.29) is 16.9 Å². The van der Waals surface area contributed by atoms with Crippen LogP contribution in [0.1, 0.15) is 17.2 Å². The molecule has 0 bridgehead atoms. The van der Waals surface area contributed by atoms with E-state index in [2.05, 4.69) is 15.9 Å². The number of nitrogens with zero attached hydrogens (tertiary/aromatic N) is 1. The highest BCUT2D eigenvalue weighted by atomic mass is 79.9. The minimum absolute atomic E-state index is 0.00256. The van der Waals surface area contributed by atoms with Crippen molar-refractivity contribution >= 4 is 39.1 Å². The standard InChI is InChI=1S/C24H17BrFNO4/c1-31-19-12-9-16(26)13-18(19)22(28)20-21(14-5-3-2-4-6-14)27(24(30)23(20)29)17-10-7-15(25)8-11-17/h2-13,21,28H,1H3/b22-20+. The van der Waals surface area contributed by atoms with Crippen molar-refractivity contribution in [2.75, 3.05) is 12.0 Å². The number of Topliss-reactive ketones (excluding diaryl/α,β-unsaturated/α-hetero) is 1. The first-order valence-electron chi connectivity index (χ1n) is 9.38. The van der Waals surface area contributed by atoms with Gasteiger partial charge in [0.05, 0.1) is 24.3 Å². The number of benzene rings is 3. The molecule has 1 fully saturated rings. The van der Waals surface area contributed by atoms with Crippen molar-refractivity contribution in [3.8, 4) is 5.75 Å². The minimum atomic E-state index is -0.893. The third kappa shape index (κ3) is 3.72. The summed E-state index contributed by atoms with van der Waals surface area (Å²) in [6.07, 6.45) is 0. The second kappa shape index (κ2) is 8.35. The number of rotatable bonds is 4. The Hall–Kier alpha value is -3.45. The van der Waals surface area contributed by atoms with Crippen LogP contribution in [0.2, 0.25) is 0 Å². The van der Waals surface area contributed by atoms with Gasteiger partial charge in [-0.25, -0.2) is 4.39 Å². The average Bonchev–Trinajstić information content (AvgIpc) is 3.05. The monoisotopic (exact) mass is 481 g/mol. The summed E-state index contributed by atoms with van der Waals surface area (Å²) in [7, 11) is 1.37. The van der Waals surface area contributed by atoms with Crippen LogP contribution in [0.5, 0.6) is 5.75 Å². The Balaban J connectivity index is 1.97. The quantitative estimate of drug-likeness (QED) is 0.315. The van der Waals surface area contributed by atoms with Gasteiger partial charge in [0, 0.05) is 10.2 Å². The predicted octanol–water partition coefficient (Wildman–Crippen LogP) is 5.22. The maximum absolute atomic E-state index is 13.9. The number of ketones is 1. The Morgan fingerprint density at radius 3 is 2.35 bits per heavy atom. The van der Waals surface area contributed by atoms with Crippen molar-refractivity contribution in [2.45, 2.75) is 6.04 Å². The van der Waals surface area contributed by atoms with E-state index in [1.165, 1.54) is 24.1 Å². The van der Waals surface area contributed by atoms with Crippen molar-refractivity contribution in [3.63, 3.8) is 0 Å². The lowest BCUT2D eigenvalue weighted by Crippen LogP contribution is -2.29. The highest BCUT2D eigenvalue weighted by molar-refractivity contribution is 9.10. The predicted molar refractivity (Wildman–Crippen MR) is 118 cm³/mol. The third-order valence-electron chi connectivity index (χ3n) is 5.08. The number of hydrogen-bond donors (Lipinski definition) is 1. The summed E-state index contributed by atoms with van der Waals surface area (Å²) < 4.78 is 20.0. The maximum atomic E-state index is 13.9. The van der Waals surface area contributed by atoms with E-state index in [0.717, 1.165) is 10.5 Å². The second-order valence-electron chi connectivity index (χ2n) is 6.90. The summed E-state index contributed by atoms with van der Waals surface area (Å²) in [5.74, 6) is -2.57. The number of anilines is 1. The number of aliphatic hydroxyl groups excluding tert-OH is 1. The fraction of sp³-hybridized carbons (Fsp3) is 0.0833. The van der Waals surface area contributed by atoms with Crippen LogP contribution in [-0.4, -0.2) is 23.9 Å². The summed E-state index contributed by atoms with van der Waals surface area (Å²) in [6, 6.07) is 18.5. The van der Waals surface area contributed by atoms with Crippen LogP contribution in [0.15, 0.2) is 82.8 Å². The largest absolute Gasteiger partial charge is 0.507 e. The number of carbonyl (C=O) groups excluding carboxylic acids is 2. The molecule has 4 rings (SSSR count). The molecule has 1 aliphatic rings. The van der Waals surface area contributed by atoms with Gasteiger partial charge in [0.2, 0.25) is 0 Å². The van der Waals surface area contributed by atoms with Gasteiger partial charge in [0.15, 0.2) is 0 Å². The van der Waals surface area contributed by atoms with Crippen molar-refractivity contribution in [1.29, 1.82) is 0 Å². The molecule has 3 aromatic rings. The molecular weight excluding hydrogens is 465 g/mol. The van der Waals surface area contributed by atoms with Crippen LogP contribution in [0.4, 0.5) is 10.1 Å². The molecule has 0 spiro atoms. The number of amides is 1. The molecule has 1 atom stereocenters. The molecule has 0 aromatic heterocycles. The second-order valence-corrected chi connectivity index (χ2v) is 7.82. The number of hydrogen-bond acceptors (Lipinski definition) is 4. The molecule has 156 valence electrons. The molecule has 0 saturated carbocycles. The lowest BCUT2D eigenvalue weighted by Gasteiger charge is -2.25. The Morgan fingerprint density at radius 1 is 1.03 bits per heavy atom. The SMILES string of the molecule is COc1ccc(F)cc1/C(O)=C1\C(=O)C(=O)N(c2ccc(Br)cc2)C1c1ccccc1. The number of methoxy groups -OCH3 is 1. The van der Waals surface area contributed by atoms with Crippen LogP contribution in [0.3, 0.4) is 0 Å². The van der Waals surface area contributed by atoms with E-state index in [4.69, 9.17) is 4.74 Å². The molecule has 1 unspecified atom stereocenters. The molecule has 3 aromatic carbocycles. The zero-order valence-corrected chi connectivity index (χ0v) is 18.0. The molecule has 0 radical (unpaired) electrons. The van der Waals surface area contributed by atoms with Crippen molar-refractivity contribution in [1.82, 2.24) is 0 Å². The average molecular weight is 482 g/mol. The van der Waals surface area contributed by atoms with Crippen LogP contribution in [0.25, 0.3) is 5.76 Å². The Labute approximate surface area is 186 Å². The topological polar surface area (TPSA) is 66.8 Å². The van der Waals surface area contributed by atoms with E-state index in [1.54, 1.807) is 48.5 Å². The lowest BCUT2D eigenvalue weighted by molar-refractivity contribution is -0.132. The van der Waals surface area contributed by atoms with E-state index >= 15 is 0 Å². The molecular formula is C24H17BrFNO4. The maximum Gasteiger partial charge on any atom is 0.300 e. The van der Waals surface area contributed by atoms with Crippen molar-refractivity contribution < 1.29 is 23.8 Å². The number of aliphatic hydroxyl groups is 1. The van der Waals surface area contributed by atoms with Gasteiger partial charge < -0.3 is 9.84 Å². The van der Waals surface area contributed by atoms with E-state index in [1.807, 2.05) is 6.07 Å². The first-order valence-corrected chi connectivity index (χ1v) is 10.2. The number of halogens is 2. The van der Waals surface area contributed by atoms with Gasteiger partial charge in [-0.3, -0.25) is 14.5 Å². The Morgan fingerprint density at radius 2 is 1.71 bits per heavy atom. The van der Waals surface area contributed by atoms with Gasteiger partial charge in [0.25, 0.3) is 11.7 Å². The highest BCUT2D eigenvalue weighted by Crippen LogP contribution is 2.43. The first-order chi connectivity index (χ1) is 14.9.